The second kappa shape index (κ2) is 2.17. The molecule has 3 nitrogen and oxygen atoms in total. The molecule has 0 saturated heterocycles. The minimum Gasteiger partial charge on any atom is -0.394 e. The predicted molar refractivity (Wildman–Crippen MR) is 40.9 cm³/mol. The molecule has 0 atom stereocenters. The van der Waals surface area contributed by atoms with Crippen molar-refractivity contribution in [3.05, 3.63) is 27.7 Å². The van der Waals surface area contributed by atoms with E-state index in [9.17, 15) is 4.79 Å². The van der Waals surface area contributed by atoms with Crippen LogP contribution < -0.4 is 11.3 Å². The van der Waals surface area contributed by atoms with Gasteiger partial charge in [0.05, 0.1) is 0 Å². The Morgan fingerprint density at radius 2 is 2.10 bits per heavy atom. The van der Waals surface area contributed by atoms with Gasteiger partial charge >= 0.3 is 0 Å². The molecule has 3 N–H and O–H groups in total. The number of aromatic nitrogens is 1. The third-order valence-corrected chi connectivity index (χ3v) is 1.66. The van der Waals surface area contributed by atoms with Crippen molar-refractivity contribution in [3.8, 4) is 0 Å². The van der Waals surface area contributed by atoms with Gasteiger partial charge in [0.2, 0.25) is 0 Å². The summed E-state index contributed by atoms with van der Waals surface area (Å²) in [4.78, 5) is 13.3. The van der Waals surface area contributed by atoms with Crippen molar-refractivity contribution in [1.29, 1.82) is 0 Å². The summed E-state index contributed by atoms with van der Waals surface area (Å²) in [7, 11) is 0. The van der Waals surface area contributed by atoms with Gasteiger partial charge in [0.25, 0.3) is 5.56 Å². The number of nitrogen functional groups attached to an aromatic ring is 1. The van der Waals surface area contributed by atoms with Crippen molar-refractivity contribution in [2.75, 3.05) is 5.73 Å². The van der Waals surface area contributed by atoms with E-state index in [4.69, 9.17) is 5.73 Å². The molecule has 1 aromatic heterocycles. The van der Waals surface area contributed by atoms with Gasteiger partial charge in [-0.25, -0.2) is 0 Å². The number of aryl methyl sites for hydroxylation is 1. The van der Waals surface area contributed by atoms with Crippen LogP contribution in [0.15, 0.2) is 11.0 Å². The van der Waals surface area contributed by atoms with Gasteiger partial charge < -0.3 is 10.7 Å². The van der Waals surface area contributed by atoms with Gasteiger partial charge in [0.15, 0.2) is 0 Å². The molecule has 1 aromatic rings. The molecule has 3 heteroatoms. The largest absolute Gasteiger partial charge is 0.394 e. The van der Waals surface area contributed by atoms with Crippen LogP contribution in [0, 0.1) is 13.8 Å². The summed E-state index contributed by atoms with van der Waals surface area (Å²) < 4.78 is 0. The van der Waals surface area contributed by atoms with E-state index in [0.717, 1.165) is 11.1 Å². The van der Waals surface area contributed by atoms with Gasteiger partial charge in [-0.1, -0.05) is 0 Å². The van der Waals surface area contributed by atoms with E-state index in [1.807, 2.05) is 13.8 Å². The van der Waals surface area contributed by atoms with Crippen molar-refractivity contribution in [2.45, 2.75) is 13.8 Å². The van der Waals surface area contributed by atoms with E-state index in [1.54, 1.807) is 6.20 Å². The van der Waals surface area contributed by atoms with Crippen molar-refractivity contribution in [3.63, 3.8) is 0 Å². The highest BCUT2D eigenvalue weighted by Gasteiger charge is 1.99. The maximum Gasteiger partial charge on any atom is 0.271 e. The van der Waals surface area contributed by atoms with Crippen molar-refractivity contribution in [2.24, 2.45) is 0 Å². The maximum absolute atomic E-state index is 10.8. The molecule has 0 bridgehead atoms. The first-order valence-corrected chi connectivity index (χ1v) is 3.07. The second-order valence-corrected chi connectivity index (χ2v) is 2.34. The van der Waals surface area contributed by atoms with Crippen molar-refractivity contribution in [1.82, 2.24) is 4.98 Å². The number of nitrogens with two attached hydrogens (primary N) is 1. The number of anilines is 1. The zero-order valence-corrected chi connectivity index (χ0v) is 6.06. The summed E-state index contributed by atoms with van der Waals surface area (Å²) in [6, 6.07) is 0. The summed E-state index contributed by atoms with van der Waals surface area (Å²) in [6.45, 7) is 3.74. The Bertz CT molecular complexity index is 301. The van der Waals surface area contributed by atoms with E-state index < -0.39 is 0 Å². The molecule has 1 rings (SSSR count). The molecule has 0 aromatic carbocycles. The first kappa shape index (κ1) is 6.86. The third kappa shape index (κ3) is 0.900. The average Bonchev–Trinajstić information content (AvgIpc) is 1.93. The fourth-order valence-electron chi connectivity index (χ4n) is 0.743. The Balaban J connectivity index is 3.49. The molecule has 0 aliphatic carbocycles. The third-order valence-electron chi connectivity index (χ3n) is 1.66. The number of pyridine rings is 1. The van der Waals surface area contributed by atoms with Gasteiger partial charge in [-0.15, -0.1) is 0 Å². The van der Waals surface area contributed by atoms with E-state index in [0.29, 0.717) is 5.69 Å². The van der Waals surface area contributed by atoms with Gasteiger partial charge in [-0.3, -0.25) is 4.79 Å². The first-order chi connectivity index (χ1) is 4.63. The molecule has 0 saturated carbocycles. The molecule has 0 aliphatic heterocycles. The van der Waals surface area contributed by atoms with Crippen LogP contribution in [0.25, 0.3) is 0 Å². The summed E-state index contributed by atoms with van der Waals surface area (Å²) in [6.07, 6.45) is 1.66. The molecule has 0 fully saturated rings. The lowest BCUT2D eigenvalue weighted by Gasteiger charge is -2.00. The SMILES string of the molecule is Cc1c[nH]c(=O)c(N)c1C. The van der Waals surface area contributed by atoms with Crippen LogP contribution in [-0.2, 0) is 0 Å². The lowest BCUT2D eigenvalue weighted by molar-refractivity contribution is 1.17. The van der Waals surface area contributed by atoms with Gasteiger partial charge in [-0.05, 0) is 25.0 Å². The number of hydrogen-bond acceptors (Lipinski definition) is 2. The Morgan fingerprint density at radius 1 is 1.50 bits per heavy atom. The zero-order valence-electron chi connectivity index (χ0n) is 6.06. The number of H-pyrrole nitrogens is 1. The van der Waals surface area contributed by atoms with E-state index in [1.165, 1.54) is 0 Å². The molecule has 54 valence electrons. The fraction of sp³-hybridized carbons (Fsp3) is 0.286. The molecular weight excluding hydrogens is 128 g/mol. The minimum atomic E-state index is -0.205. The minimum absolute atomic E-state index is 0.205. The van der Waals surface area contributed by atoms with Crippen LogP contribution >= 0.6 is 0 Å². The average molecular weight is 138 g/mol. The fourth-order valence-corrected chi connectivity index (χ4v) is 0.743. The van der Waals surface area contributed by atoms with Crippen molar-refractivity contribution < 1.29 is 0 Å². The molecule has 0 aliphatic rings. The molecule has 0 spiro atoms. The highest BCUT2D eigenvalue weighted by atomic mass is 16.1. The zero-order chi connectivity index (χ0) is 7.72. The number of nitrogens with one attached hydrogen (secondary N) is 1. The summed E-state index contributed by atoms with van der Waals surface area (Å²) in [5, 5.41) is 0. The summed E-state index contributed by atoms with van der Waals surface area (Å²) in [5.41, 5.74) is 7.43. The van der Waals surface area contributed by atoms with Crippen LogP contribution in [0.3, 0.4) is 0 Å². The van der Waals surface area contributed by atoms with Crippen molar-refractivity contribution >= 4 is 5.69 Å². The molecule has 10 heavy (non-hydrogen) atoms. The Labute approximate surface area is 58.9 Å². The summed E-state index contributed by atoms with van der Waals surface area (Å²) >= 11 is 0. The van der Waals surface area contributed by atoms with E-state index in [2.05, 4.69) is 4.98 Å². The van der Waals surface area contributed by atoms with E-state index >= 15 is 0 Å². The lowest BCUT2D eigenvalue weighted by Crippen LogP contribution is -2.13. The number of aromatic amines is 1. The Hall–Kier alpha value is -1.25. The molecule has 0 amide bonds. The van der Waals surface area contributed by atoms with Crippen LogP contribution in [0.2, 0.25) is 0 Å². The smallest absolute Gasteiger partial charge is 0.271 e. The second-order valence-electron chi connectivity index (χ2n) is 2.34. The van der Waals surface area contributed by atoms with Crippen LogP contribution in [-0.4, -0.2) is 4.98 Å². The maximum atomic E-state index is 10.8. The van der Waals surface area contributed by atoms with Crippen LogP contribution in [0.5, 0.6) is 0 Å². The van der Waals surface area contributed by atoms with E-state index in [-0.39, 0.29) is 5.56 Å². The quantitative estimate of drug-likeness (QED) is 0.550. The standard InChI is InChI=1S/C7H10N2O/c1-4-3-9-7(10)6(8)5(4)2/h3H,8H2,1-2H3,(H,9,10). The molecular formula is C7H10N2O. The Morgan fingerprint density at radius 3 is 2.60 bits per heavy atom. The normalized spacial score (nSPS) is 9.80. The Kier molecular flexibility index (Phi) is 1.49. The van der Waals surface area contributed by atoms with Gasteiger partial charge in [-0.2, -0.15) is 0 Å². The highest BCUT2D eigenvalue weighted by Crippen LogP contribution is 2.06. The molecule has 0 radical (unpaired) electrons. The number of rotatable bonds is 0. The van der Waals surface area contributed by atoms with Gasteiger partial charge in [0, 0.05) is 6.20 Å². The summed E-state index contributed by atoms with van der Waals surface area (Å²) in [5.74, 6) is 0. The topological polar surface area (TPSA) is 58.9 Å². The van der Waals surface area contributed by atoms with Crippen LogP contribution in [0.4, 0.5) is 5.69 Å². The number of hydrogen-bond donors (Lipinski definition) is 2. The monoisotopic (exact) mass is 138 g/mol. The molecule has 1 heterocycles. The van der Waals surface area contributed by atoms with Gasteiger partial charge in [0.1, 0.15) is 5.69 Å². The predicted octanol–water partition coefficient (Wildman–Crippen LogP) is 0.574. The highest BCUT2D eigenvalue weighted by molar-refractivity contribution is 5.46. The molecule has 0 unspecified atom stereocenters. The van der Waals surface area contributed by atoms with Crippen LogP contribution in [0.1, 0.15) is 11.1 Å². The lowest BCUT2D eigenvalue weighted by atomic mass is 10.1. The first-order valence-electron chi connectivity index (χ1n) is 3.07.